The van der Waals surface area contributed by atoms with Gasteiger partial charge in [-0.3, -0.25) is 9.59 Å². The summed E-state index contributed by atoms with van der Waals surface area (Å²) in [7, 11) is 3.17. The molecule has 1 fully saturated rings. The monoisotopic (exact) mass is 437 g/mol. The predicted octanol–water partition coefficient (Wildman–Crippen LogP) is 3.48. The summed E-state index contributed by atoms with van der Waals surface area (Å²) < 4.78 is 16.0. The van der Waals surface area contributed by atoms with E-state index in [2.05, 4.69) is 0 Å². The minimum absolute atomic E-state index is 0.0919. The number of fused-ring (bicyclic) bond motifs is 1. The van der Waals surface area contributed by atoms with Gasteiger partial charge in [-0.15, -0.1) is 0 Å². The van der Waals surface area contributed by atoms with Crippen LogP contribution in [0.4, 0.5) is 0 Å². The fourth-order valence-electron chi connectivity index (χ4n) is 4.29. The maximum Gasteiger partial charge on any atom is 0.295 e. The molecule has 2 heterocycles. The zero-order valence-electron chi connectivity index (χ0n) is 18.3. The van der Waals surface area contributed by atoms with Gasteiger partial charge in [-0.05, 0) is 60.7 Å². The molecule has 2 aromatic rings. The third kappa shape index (κ3) is 4.08. The Balaban J connectivity index is 1.79. The molecule has 2 aliphatic heterocycles. The Morgan fingerprint density at radius 1 is 1.16 bits per heavy atom. The molecule has 7 heteroatoms. The van der Waals surface area contributed by atoms with E-state index >= 15 is 0 Å². The van der Waals surface area contributed by atoms with Gasteiger partial charge >= 0.3 is 0 Å². The number of amides is 1. The summed E-state index contributed by atoms with van der Waals surface area (Å²) in [5.41, 5.74) is 2.30. The van der Waals surface area contributed by atoms with Crippen molar-refractivity contribution in [3.8, 4) is 11.5 Å². The van der Waals surface area contributed by atoms with Crippen LogP contribution in [0, 0.1) is 0 Å². The molecule has 0 bridgehead atoms. The molecule has 7 nitrogen and oxygen atoms in total. The number of nitrogens with zero attached hydrogens (tertiary/aromatic N) is 1. The Morgan fingerprint density at radius 2 is 1.94 bits per heavy atom. The zero-order chi connectivity index (χ0) is 22.7. The first-order chi connectivity index (χ1) is 15.5. The van der Waals surface area contributed by atoms with Crippen molar-refractivity contribution in [1.82, 2.24) is 4.90 Å². The predicted molar refractivity (Wildman–Crippen MR) is 119 cm³/mol. The number of benzene rings is 2. The normalized spacial score (nSPS) is 19.6. The molecule has 0 saturated carbocycles. The van der Waals surface area contributed by atoms with Crippen LogP contribution in [-0.4, -0.2) is 55.7 Å². The molecule has 1 unspecified atom stereocenters. The molecular weight excluding hydrogens is 410 g/mol. The first-order valence-corrected chi connectivity index (χ1v) is 10.7. The van der Waals surface area contributed by atoms with Gasteiger partial charge in [0.1, 0.15) is 17.3 Å². The van der Waals surface area contributed by atoms with Gasteiger partial charge in [-0.25, -0.2) is 0 Å². The second-order valence-corrected chi connectivity index (χ2v) is 7.89. The third-order valence-corrected chi connectivity index (χ3v) is 5.90. The molecule has 1 N–H and O–H groups in total. The Morgan fingerprint density at radius 3 is 2.66 bits per heavy atom. The Hall–Kier alpha value is -3.32. The Labute approximate surface area is 187 Å². The van der Waals surface area contributed by atoms with E-state index in [1.807, 2.05) is 18.2 Å². The fraction of sp³-hybridized carbons (Fsp3) is 0.360. The fourth-order valence-corrected chi connectivity index (χ4v) is 4.29. The van der Waals surface area contributed by atoms with Crippen LogP contribution in [-0.2, 0) is 20.7 Å². The molecule has 0 spiro atoms. The highest BCUT2D eigenvalue weighted by Crippen LogP contribution is 2.40. The molecule has 2 aliphatic rings. The minimum atomic E-state index is -0.690. The van der Waals surface area contributed by atoms with Gasteiger partial charge < -0.3 is 24.2 Å². The van der Waals surface area contributed by atoms with Crippen LogP contribution in [0.25, 0.3) is 5.76 Å². The van der Waals surface area contributed by atoms with E-state index in [4.69, 9.17) is 14.2 Å². The molecule has 1 saturated heterocycles. The van der Waals surface area contributed by atoms with Crippen molar-refractivity contribution in [2.75, 3.05) is 34.0 Å². The number of Topliss-reactive ketones (excluding diaryl/α,β-unsaturated/α-hetero) is 1. The highest BCUT2D eigenvalue weighted by Gasteiger charge is 2.45. The summed E-state index contributed by atoms with van der Waals surface area (Å²) in [5, 5.41) is 11.2. The van der Waals surface area contributed by atoms with Crippen LogP contribution in [0.1, 0.15) is 35.6 Å². The lowest BCUT2D eigenvalue weighted by Crippen LogP contribution is -2.31. The average Bonchev–Trinajstić information content (AvgIpc) is 3.08. The molecular formula is C25H27NO6. The molecule has 0 radical (unpaired) electrons. The Kier molecular flexibility index (Phi) is 6.46. The van der Waals surface area contributed by atoms with Crippen molar-refractivity contribution in [3.63, 3.8) is 0 Å². The number of carbonyl (C=O) groups excluding carboxylic acids is 2. The largest absolute Gasteiger partial charge is 0.507 e. The molecule has 1 amide bonds. The van der Waals surface area contributed by atoms with Crippen molar-refractivity contribution in [1.29, 1.82) is 0 Å². The highest BCUT2D eigenvalue weighted by atomic mass is 16.5. The van der Waals surface area contributed by atoms with Crippen LogP contribution in [0.3, 0.4) is 0 Å². The summed E-state index contributed by atoms with van der Waals surface area (Å²) in [6.07, 6.45) is 2.31. The van der Waals surface area contributed by atoms with Gasteiger partial charge in [0.05, 0.1) is 25.3 Å². The molecule has 0 aromatic heterocycles. The van der Waals surface area contributed by atoms with Crippen LogP contribution >= 0.6 is 0 Å². The number of carbonyl (C=O) groups is 2. The molecule has 1 atom stereocenters. The van der Waals surface area contributed by atoms with E-state index in [-0.39, 0.29) is 11.3 Å². The standard InChI is InChI=1S/C25H27NO6/c1-30-13-4-12-26-22(16-6-9-19(31-2)10-7-16)21(24(28)25(26)29)23(27)18-8-11-20-17(15-18)5-3-14-32-20/h6-11,15,22,27H,3-5,12-14H2,1-2H3/b23-21-. The van der Waals surface area contributed by atoms with Crippen molar-refractivity contribution >= 4 is 17.4 Å². The quantitative estimate of drug-likeness (QED) is 0.309. The zero-order valence-corrected chi connectivity index (χ0v) is 18.3. The number of hydrogen-bond donors (Lipinski definition) is 1. The molecule has 4 rings (SSSR count). The van der Waals surface area contributed by atoms with E-state index in [0.717, 1.165) is 29.7 Å². The summed E-state index contributed by atoms with van der Waals surface area (Å²) >= 11 is 0. The van der Waals surface area contributed by atoms with Crippen LogP contribution in [0.2, 0.25) is 0 Å². The van der Waals surface area contributed by atoms with Crippen molar-refractivity contribution in [2.24, 2.45) is 0 Å². The van der Waals surface area contributed by atoms with E-state index < -0.39 is 17.7 Å². The maximum absolute atomic E-state index is 13.1. The van der Waals surface area contributed by atoms with E-state index in [1.165, 1.54) is 4.90 Å². The van der Waals surface area contributed by atoms with Gasteiger partial charge in [0.15, 0.2) is 0 Å². The number of hydrogen-bond acceptors (Lipinski definition) is 6. The van der Waals surface area contributed by atoms with Gasteiger partial charge in [0.2, 0.25) is 0 Å². The number of aryl methyl sites for hydroxylation is 1. The molecule has 2 aromatic carbocycles. The van der Waals surface area contributed by atoms with E-state index in [9.17, 15) is 14.7 Å². The number of likely N-dealkylation sites (tertiary alicyclic amines) is 1. The number of ether oxygens (including phenoxy) is 3. The molecule has 32 heavy (non-hydrogen) atoms. The highest BCUT2D eigenvalue weighted by molar-refractivity contribution is 6.46. The maximum atomic E-state index is 13.1. The topological polar surface area (TPSA) is 85.3 Å². The van der Waals surface area contributed by atoms with Crippen molar-refractivity contribution < 1.29 is 28.9 Å². The average molecular weight is 437 g/mol. The van der Waals surface area contributed by atoms with Gasteiger partial charge in [-0.2, -0.15) is 0 Å². The minimum Gasteiger partial charge on any atom is -0.507 e. The second kappa shape index (κ2) is 9.44. The smallest absolute Gasteiger partial charge is 0.295 e. The van der Waals surface area contributed by atoms with E-state index in [1.54, 1.807) is 38.5 Å². The van der Waals surface area contributed by atoms with Crippen molar-refractivity contribution in [3.05, 3.63) is 64.7 Å². The summed E-state index contributed by atoms with van der Waals surface area (Å²) in [6.45, 7) is 1.47. The van der Waals surface area contributed by atoms with Crippen molar-refractivity contribution in [2.45, 2.75) is 25.3 Å². The summed E-state index contributed by atoms with van der Waals surface area (Å²) in [4.78, 5) is 27.5. The number of aliphatic hydroxyl groups is 1. The van der Waals surface area contributed by atoms with Crippen LogP contribution < -0.4 is 9.47 Å². The Bertz CT molecular complexity index is 1040. The first kappa shape index (κ1) is 21.9. The summed E-state index contributed by atoms with van der Waals surface area (Å²) in [6, 6.07) is 11.9. The number of ketones is 1. The van der Waals surface area contributed by atoms with Gasteiger partial charge in [0, 0.05) is 25.8 Å². The van der Waals surface area contributed by atoms with Gasteiger partial charge in [0.25, 0.3) is 11.7 Å². The SMILES string of the molecule is COCCCN1C(=O)C(=O)/C(=C(\O)c2ccc3c(c2)CCCO3)C1c1ccc(OC)cc1. The third-order valence-electron chi connectivity index (χ3n) is 5.90. The molecule has 168 valence electrons. The van der Waals surface area contributed by atoms with Gasteiger partial charge in [-0.1, -0.05) is 12.1 Å². The summed E-state index contributed by atoms with van der Waals surface area (Å²) in [5.74, 6) is -0.0226. The van der Waals surface area contributed by atoms with Crippen LogP contribution in [0.15, 0.2) is 48.0 Å². The van der Waals surface area contributed by atoms with E-state index in [0.29, 0.717) is 37.5 Å². The van der Waals surface area contributed by atoms with Crippen LogP contribution in [0.5, 0.6) is 11.5 Å². The lowest BCUT2D eigenvalue weighted by Gasteiger charge is -2.25. The number of rotatable bonds is 7. The lowest BCUT2D eigenvalue weighted by molar-refractivity contribution is -0.140. The lowest BCUT2D eigenvalue weighted by atomic mass is 9.94. The first-order valence-electron chi connectivity index (χ1n) is 10.7. The number of methoxy groups -OCH3 is 2. The number of aliphatic hydroxyl groups excluding tert-OH is 1. The molecule has 0 aliphatic carbocycles. The second-order valence-electron chi connectivity index (χ2n) is 7.89.